The molecule has 2 aliphatic rings. The van der Waals surface area contributed by atoms with Crippen molar-refractivity contribution in [1.29, 1.82) is 0 Å². The number of hydrogen-bond donors (Lipinski definition) is 2. The van der Waals surface area contributed by atoms with Gasteiger partial charge in [0.1, 0.15) is 0 Å². The van der Waals surface area contributed by atoms with Gasteiger partial charge in [-0.2, -0.15) is 13.2 Å². The number of carbonyl (C=O) groups is 1. The van der Waals surface area contributed by atoms with Gasteiger partial charge in [0.2, 0.25) is 5.54 Å². The molecule has 22 heavy (non-hydrogen) atoms. The van der Waals surface area contributed by atoms with Gasteiger partial charge >= 0.3 is 12.2 Å². The number of alkyl halides is 3. The lowest BCUT2D eigenvalue weighted by Gasteiger charge is -2.37. The highest BCUT2D eigenvalue weighted by atomic mass is 79.9. The van der Waals surface area contributed by atoms with E-state index in [9.17, 15) is 18.0 Å². The zero-order chi connectivity index (χ0) is 16.1. The molecule has 0 aromatic heterocycles. The smallest absolute Gasteiger partial charge is 0.310 e. The molecule has 3 nitrogen and oxygen atoms in total. The maximum Gasteiger partial charge on any atom is 0.427 e. The van der Waals surface area contributed by atoms with Gasteiger partial charge in [-0.3, -0.25) is 0 Å². The van der Waals surface area contributed by atoms with Crippen molar-refractivity contribution in [3.8, 4) is 11.8 Å². The van der Waals surface area contributed by atoms with Gasteiger partial charge in [-0.25, -0.2) is 4.79 Å². The Kier molecular flexibility index (Phi) is 3.57. The predicted molar refractivity (Wildman–Crippen MR) is 79.5 cm³/mol. The Morgan fingerprint density at radius 1 is 1.36 bits per heavy atom. The summed E-state index contributed by atoms with van der Waals surface area (Å²) in [6, 6.07) is 1.56. The molecule has 2 amide bonds. The zero-order valence-corrected chi connectivity index (χ0v) is 13.3. The van der Waals surface area contributed by atoms with E-state index in [0.29, 0.717) is 4.47 Å². The summed E-state index contributed by atoms with van der Waals surface area (Å²) in [6.45, 7) is 0. The molecule has 0 spiro atoms. The van der Waals surface area contributed by atoms with Gasteiger partial charge in [0.15, 0.2) is 0 Å². The fraction of sp³-hybridized carbons (Fsp3) is 0.357. The molecule has 8 heteroatoms. The van der Waals surface area contributed by atoms with Crippen LogP contribution in [0.2, 0.25) is 5.02 Å². The zero-order valence-electron chi connectivity index (χ0n) is 10.9. The van der Waals surface area contributed by atoms with Crippen LogP contribution >= 0.6 is 27.5 Å². The summed E-state index contributed by atoms with van der Waals surface area (Å²) in [5.74, 6) is 4.81. The molecule has 1 aromatic rings. The third kappa shape index (κ3) is 2.55. The molecule has 1 aliphatic carbocycles. The lowest BCUT2D eigenvalue weighted by Crippen LogP contribution is -2.59. The molecule has 116 valence electrons. The van der Waals surface area contributed by atoms with Crippen LogP contribution in [0, 0.1) is 17.8 Å². The molecular weight excluding hydrogens is 385 g/mol. The summed E-state index contributed by atoms with van der Waals surface area (Å²) >= 11 is 9.07. The maximum atomic E-state index is 13.8. The second-order valence-electron chi connectivity index (χ2n) is 5.18. The number of fused-ring (bicyclic) bond motifs is 1. The first-order valence-corrected chi connectivity index (χ1v) is 7.58. The number of rotatable bonds is 0. The van der Waals surface area contributed by atoms with Crippen LogP contribution in [0.25, 0.3) is 0 Å². The summed E-state index contributed by atoms with van der Waals surface area (Å²) in [4.78, 5) is 11.7. The predicted octanol–water partition coefficient (Wildman–Crippen LogP) is 4.41. The van der Waals surface area contributed by atoms with Gasteiger partial charge in [-0.05, 0) is 40.9 Å². The van der Waals surface area contributed by atoms with Crippen LogP contribution in [0.1, 0.15) is 18.4 Å². The number of halogens is 5. The lowest BCUT2D eigenvalue weighted by atomic mass is 9.86. The van der Waals surface area contributed by atoms with E-state index in [1.165, 1.54) is 12.1 Å². The number of benzene rings is 1. The normalized spacial score (nSPS) is 23.8. The Balaban J connectivity index is 2.24. The highest BCUT2D eigenvalue weighted by molar-refractivity contribution is 9.10. The van der Waals surface area contributed by atoms with Crippen LogP contribution in [0.5, 0.6) is 0 Å². The topological polar surface area (TPSA) is 41.1 Å². The number of anilines is 1. The number of amides is 2. The monoisotopic (exact) mass is 392 g/mol. The second-order valence-corrected chi connectivity index (χ2v) is 6.44. The SMILES string of the molecule is O=C1Nc2cc(Br)c(Cl)cc2C(C#CC2CC2)(C(F)(F)F)N1. The number of nitrogens with one attached hydrogen (secondary N) is 2. The lowest BCUT2D eigenvalue weighted by molar-refractivity contribution is -0.178. The number of carbonyl (C=O) groups excluding carboxylic acids is 1. The van der Waals surface area contributed by atoms with Gasteiger partial charge in [-0.15, -0.1) is 0 Å². The van der Waals surface area contributed by atoms with E-state index in [1.807, 2.05) is 5.32 Å². The molecule has 0 radical (unpaired) electrons. The van der Waals surface area contributed by atoms with E-state index in [2.05, 4.69) is 33.1 Å². The third-order valence-electron chi connectivity index (χ3n) is 3.48. The maximum absolute atomic E-state index is 13.8. The van der Waals surface area contributed by atoms with Crippen LogP contribution in [0.15, 0.2) is 16.6 Å². The van der Waals surface area contributed by atoms with Gasteiger partial charge in [-0.1, -0.05) is 23.4 Å². The molecule has 2 N–H and O–H groups in total. The van der Waals surface area contributed by atoms with E-state index in [-0.39, 0.29) is 22.2 Å². The highest BCUT2D eigenvalue weighted by Crippen LogP contribution is 2.46. The minimum Gasteiger partial charge on any atom is -0.310 e. The number of urea groups is 1. The van der Waals surface area contributed by atoms with Crippen molar-refractivity contribution in [3.63, 3.8) is 0 Å². The summed E-state index contributed by atoms with van der Waals surface area (Å²) in [7, 11) is 0. The average Bonchev–Trinajstić information content (AvgIpc) is 3.21. The fourth-order valence-corrected chi connectivity index (χ4v) is 2.69. The molecule has 1 unspecified atom stereocenters. The van der Waals surface area contributed by atoms with Crippen molar-refractivity contribution in [2.45, 2.75) is 24.6 Å². The molecule has 1 aromatic carbocycles. The Bertz CT molecular complexity index is 721. The minimum atomic E-state index is -4.78. The summed E-state index contributed by atoms with van der Waals surface area (Å²) in [5, 5.41) is 4.39. The summed E-state index contributed by atoms with van der Waals surface area (Å²) < 4.78 is 41.6. The summed E-state index contributed by atoms with van der Waals surface area (Å²) in [6.07, 6.45) is -3.22. The summed E-state index contributed by atoms with van der Waals surface area (Å²) in [5.41, 5.74) is -2.93. The second kappa shape index (κ2) is 5.07. The van der Waals surface area contributed by atoms with E-state index in [4.69, 9.17) is 11.6 Å². The number of hydrogen-bond acceptors (Lipinski definition) is 1. The quantitative estimate of drug-likeness (QED) is 0.630. The van der Waals surface area contributed by atoms with Crippen LogP contribution in [0.3, 0.4) is 0 Å². The van der Waals surface area contributed by atoms with Crippen molar-refractivity contribution < 1.29 is 18.0 Å². The Hall–Kier alpha value is -1.39. The van der Waals surface area contributed by atoms with E-state index in [1.54, 1.807) is 0 Å². The van der Waals surface area contributed by atoms with Crippen LogP contribution in [-0.4, -0.2) is 12.2 Å². The Morgan fingerprint density at radius 2 is 2.05 bits per heavy atom. The Morgan fingerprint density at radius 3 is 2.64 bits per heavy atom. The first-order chi connectivity index (χ1) is 10.2. The molecule has 1 fully saturated rings. The van der Waals surface area contributed by atoms with Crippen molar-refractivity contribution in [3.05, 3.63) is 27.2 Å². The van der Waals surface area contributed by atoms with Gasteiger partial charge < -0.3 is 10.6 Å². The largest absolute Gasteiger partial charge is 0.427 e. The van der Waals surface area contributed by atoms with E-state index < -0.39 is 17.7 Å². The van der Waals surface area contributed by atoms with Crippen molar-refractivity contribution >= 4 is 39.2 Å². The molecule has 1 heterocycles. The first kappa shape index (κ1) is 15.5. The van der Waals surface area contributed by atoms with Gasteiger partial charge in [0.25, 0.3) is 0 Å². The minimum absolute atomic E-state index is 0.0300. The fourth-order valence-electron chi connectivity index (χ4n) is 2.18. The molecule has 1 atom stereocenters. The standard InChI is InChI=1S/C14H9BrClF3N2O/c15-9-6-11-8(5-10(9)16)13(14(17,18)19,21-12(22)20-11)4-3-7-1-2-7/h5-7H,1-2H2,(H2,20,21,22). The third-order valence-corrected chi connectivity index (χ3v) is 4.68. The van der Waals surface area contributed by atoms with Crippen molar-refractivity contribution in [2.75, 3.05) is 5.32 Å². The molecule has 3 rings (SSSR count). The molecule has 1 saturated carbocycles. The molecular formula is C14H9BrClF3N2O. The van der Waals surface area contributed by atoms with Crippen molar-refractivity contribution in [1.82, 2.24) is 5.32 Å². The Labute approximate surface area is 137 Å². The van der Waals surface area contributed by atoms with E-state index in [0.717, 1.165) is 12.8 Å². The molecule has 0 bridgehead atoms. The average molecular weight is 394 g/mol. The van der Waals surface area contributed by atoms with Gasteiger partial charge in [0.05, 0.1) is 10.7 Å². The van der Waals surface area contributed by atoms with Crippen LogP contribution in [-0.2, 0) is 5.54 Å². The molecule has 1 aliphatic heterocycles. The van der Waals surface area contributed by atoms with E-state index >= 15 is 0 Å². The van der Waals surface area contributed by atoms with Crippen molar-refractivity contribution in [2.24, 2.45) is 5.92 Å². The molecule has 0 saturated heterocycles. The highest BCUT2D eigenvalue weighted by Gasteiger charge is 2.59. The van der Waals surface area contributed by atoms with Crippen LogP contribution < -0.4 is 10.6 Å². The van der Waals surface area contributed by atoms with Crippen LogP contribution in [0.4, 0.5) is 23.7 Å². The van der Waals surface area contributed by atoms with Gasteiger partial charge in [0, 0.05) is 16.0 Å². The first-order valence-electron chi connectivity index (χ1n) is 6.41.